The fraction of sp³-hybridized carbons (Fsp3) is 0.650. The molecule has 1 aromatic rings. The Kier molecular flexibility index (Phi) is 6.47. The number of likely N-dealkylation sites (tertiary alicyclic amines) is 1. The summed E-state index contributed by atoms with van der Waals surface area (Å²) in [6.07, 6.45) is 4.20. The van der Waals surface area contributed by atoms with Crippen LogP contribution in [-0.2, 0) is 4.74 Å². The van der Waals surface area contributed by atoms with Gasteiger partial charge in [0.2, 0.25) is 0 Å². The Bertz CT molecular complexity index is 714. The minimum absolute atomic E-state index is 0.0546. The van der Waals surface area contributed by atoms with Gasteiger partial charge >= 0.3 is 12.1 Å². The molecule has 28 heavy (non-hydrogen) atoms. The summed E-state index contributed by atoms with van der Waals surface area (Å²) in [7, 11) is 0. The second kappa shape index (κ2) is 8.68. The van der Waals surface area contributed by atoms with Crippen LogP contribution in [0.3, 0.4) is 0 Å². The molecule has 0 spiro atoms. The first-order valence-electron chi connectivity index (χ1n) is 9.89. The molecule has 7 nitrogen and oxygen atoms in total. The average molecular weight is 453 g/mol. The Balaban J connectivity index is 1.53. The average Bonchev–Trinajstić information content (AvgIpc) is 2.62. The third-order valence-corrected chi connectivity index (χ3v) is 5.51. The van der Waals surface area contributed by atoms with Gasteiger partial charge in [-0.3, -0.25) is 4.90 Å². The van der Waals surface area contributed by atoms with Crippen LogP contribution in [0.4, 0.5) is 15.3 Å². The molecule has 0 N–H and O–H groups in total. The smallest absolute Gasteiger partial charge is 0.410 e. The fourth-order valence-corrected chi connectivity index (χ4v) is 4.04. The Morgan fingerprint density at radius 1 is 1.25 bits per heavy atom. The molecule has 0 aliphatic carbocycles. The number of hydrogen-bond acceptors (Lipinski definition) is 4. The maximum atomic E-state index is 13.0. The molecular formula is C20H29BrN4O3. The van der Waals surface area contributed by atoms with E-state index in [0.29, 0.717) is 19.0 Å². The van der Waals surface area contributed by atoms with Gasteiger partial charge in [-0.1, -0.05) is 0 Å². The van der Waals surface area contributed by atoms with E-state index in [2.05, 4.69) is 20.9 Å². The first-order chi connectivity index (χ1) is 13.2. The molecule has 3 amide bonds. The van der Waals surface area contributed by atoms with E-state index in [1.54, 1.807) is 11.1 Å². The van der Waals surface area contributed by atoms with Crippen molar-refractivity contribution < 1.29 is 14.3 Å². The first kappa shape index (κ1) is 20.9. The normalized spacial score (nSPS) is 19.1. The van der Waals surface area contributed by atoms with Gasteiger partial charge in [-0.2, -0.15) is 0 Å². The predicted octanol–water partition coefficient (Wildman–Crippen LogP) is 4.12. The van der Waals surface area contributed by atoms with Crippen molar-refractivity contribution in [1.82, 2.24) is 14.8 Å². The molecule has 0 radical (unpaired) electrons. The number of rotatable bonds is 3. The van der Waals surface area contributed by atoms with E-state index in [1.807, 2.05) is 42.7 Å². The molecule has 3 heterocycles. The zero-order chi connectivity index (χ0) is 20.3. The SMILES string of the molecule is CC(C)(C)OC(=O)N1CCC(CN2CCCN(c3ccnc(Br)c3)C2=O)CC1. The minimum atomic E-state index is -0.473. The molecule has 0 unspecified atom stereocenters. The number of aromatic nitrogens is 1. The number of hydrogen-bond donors (Lipinski definition) is 0. The Labute approximate surface area is 175 Å². The number of carbonyl (C=O) groups is 2. The van der Waals surface area contributed by atoms with Gasteiger partial charge in [0, 0.05) is 44.6 Å². The second-order valence-electron chi connectivity index (χ2n) is 8.48. The summed E-state index contributed by atoms with van der Waals surface area (Å²) in [5.41, 5.74) is 0.399. The van der Waals surface area contributed by atoms with Gasteiger partial charge in [0.05, 0.1) is 0 Å². The summed E-state index contributed by atoms with van der Waals surface area (Å²) >= 11 is 3.37. The highest BCUT2D eigenvalue weighted by atomic mass is 79.9. The molecule has 0 aromatic carbocycles. The molecule has 2 aliphatic rings. The summed E-state index contributed by atoms with van der Waals surface area (Å²) in [5, 5.41) is 0. The van der Waals surface area contributed by atoms with Crippen molar-refractivity contribution in [2.45, 2.75) is 45.6 Å². The lowest BCUT2D eigenvalue weighted by atomic mass is 9.96. The van der Waals surface area contributed by atoms with Crippen LogP contribution in [0, 0.1) is 5.92 Å². The highest BCUT2D eigenvalue weighted by molar-refractivity contribution is 9.10. The maximum Gasteiger partial charge on any atom is 0.410 e. The van der Waals surface area contributed by atoms with Crippen molar-refractivity contribution in [3.63, 3.8) is 0 Å². The molecule has 2 fully saturated rings. The maximum absolute atomic E-state index is 13.0. The highest BCUT2D eigenvalue weighted by Crippen LogP contribution is 2.25. The molecule has 1 aromatic heterocycles. The topological polar surface area (TPSA) is 66.0 Å². The molecule has 0 saturated carbocycles. The third-order valence-electron chi connectivity index (χ3n) is 5.08. The zero-order valence-corrected chi connectivity index (χ0v) is 18.4. The lowest BCUT2D eigenvalue weighted by Crippen LogP contribution is -2.52. The van der Waals surface area contributed by atoms with Crippen LogP contribution in [0.5, 0.6) is 0 Å². The number of pyridine rings is 1. The van der Waals surface area contributed by atoms with Crippen molar-refractivity contribution in [3.8, 4) is 0 Å². The molecule has 154 valence electrons. The standard InChI is InChI=1S/C20H29BrN4O3/c1-20(2,3)28-19(27)23-11-6-15(7-12-23)14-24-9-4-10-25(18(24)26)16-5-8-22-17(21)13-16/h5,8,13,15H,4,6-7,9-12,14H2,1-3H3. The van der Waals surface area contributed by atoms with Gasteiger partial charge < -0.3 is 14.5 Å². The number of halogens is 1. The minimum Gasteiger partial charge on any atom is -0.444 e. The number of carbonyl (C=O) groups excluding carboxylic acids is 2. The fourth-order valence-electron chi connectivity index (χ4n) is 3.69. The lowest BCUT2D eigenvalue weighted by molar-refractivity contribution is 0.0173. The van der Waals surface area contributed by atoms with Crippen LogP contribution in [0.25, 0.3) is 0 Å². The molecule has 0 atom stereocenters. The van der Waals surface area contributed by atoms with Crippen molar-refractivity contribution in [2.75, 3.05) is 37.6 Å². The van der Waals surface area contributed by atoms with Crippen molar-refractivity contribution in [3.05, 3.63) is 22.9 Å². The van der Waals surface area contributed by atoms with Crippen LogP contribution >= 0.6 is 15.9 Å². The summed E-state index contributed by atoms with van der Waals surface area (Å²) in [6.45, 7) is 9.26. The monoisotopic (exact) mass is 452 g/mol. The number of nitrogens with zero attached hydrogens (tertiary/aromatic N) is 4. The quantitative estimate of drug-likeness (QED) is 0.646. The molecular weight excluding hydrogens is 424 g/mol. The molecule has 3 rings (SSSR count). The second-order valence-corrected chi connectivity index (χ2v) is 9.29. The van der Waals surface area contributed by atoms with Crippen LogP contribution in [0.2, 0.25) is 0 Å². The van der Waals surface area contributed by atoms with E-state index < -0.39 is 5.60 Å². The lowest BCUT2D eigenvalue weighted by Gasteiger charge is -2.39. The van der Waals surface area contributed by atoms with Crippen molar-refractivity contribution >= 4 is 33.7 Å². The van der Waals surface area contributed by atoms with Crippen LogP contribution < -0.4 is 4.90 Å². The number of ether oxygens (including phenoxy) is 1. The van der Waals surface area contributed by atoms with Crippen molar-refractivity contribution in [2.24, 2.45) is 5.92 Å². The Morgan fingerprint density at radius 2 is 1.96 bits per heavy atom. The molecule has 2 aliphatic heterocycles. The summed E-state index contributed by atoms with van der Waals surface area (Å²) in [6, 6.07) is 3.80. The van der Waals surface area contributed by atoms with Crippen LogP contribution in [0.1, 0.15) is 40.0 Å². The molecule has 2 saturated heterocycles. The Hall–Kier alpha value is -1.83. The zero-order valence-electron chi connectivity index (χ0n) is 16.9. The van der Waals surface area contributed by atoms with Gasteiger partial charge in [0.15, 0.2) is 0 Å². The van der Waals surface area contributed by atoms with Crippen molar-refractivity contribution in [1.29, 1.82) is 0 Å². The Morgan fingerprint density at radius 3 is 2.61 bits per heavy atom. The highest BCUT2D eigenvalue weighted by Gasteiger charge is 2.31. The van der Waals surface area contributed by atoms with Gasteiger partial charge in [0.25, 0.3) is 0 Å². The first-order valence-corrected chi connectivity index (χ1v) is 10.7. The summed E-state index contributed by atoms with van der Waals surface area (Å²) in [5.74, 6) is 0.409. The van der Waals surface area contributed by atoms with Crippen LogP contribution in [-0.4, -0.2) is 65.2 Å². The van der Waals surface area contributed by atoms with Gasteiger partial charge in [-0.05, 0) is 74.0 Å². The number of amides is 3. The summed E-state index contributed by atoms with van der Waals surface area (Å²) in [4.78, 5) is 34.9. The van der Waals surface area contributed by atoms with Gasteiger partial charge in [-0.15, -0.1) is 0 Å². The largest absolute Gasteiger partial charge is 0.444 e. The van der Waals surface area contributed by atoms with E-state index in [0.717, 1.165) is 49.2 Å². The molecule has 8 heteroatoms. The van der Waals surface area contributed by atoms with E-state index in [1.165, 1.54) is 0 Å². The van der Waals surface area contributed by atoms with E-state index in [9.17, 15) is 9.59 Å². The van der Waals surface area contributed by atoms with E-state index in [-0.39, 0.29) is 12.1 Å². The van der Waals surface area contributed by atoms with Gasteiger partial charge in [0.1, 0.15) is 10.2 Å². The summed E-state index contributed by atoms with van der Waals surface area (Å²) < 4.78 is 6.19. The number of urea groups is 1. The predicted molar refractivity (Wildman–Crippen MR) is 111 cm³/mol. The van der Waals surface area contributed by atoms with Gasteiger partial charge in [-0.25, -0.2) is 14.6 Å². The van der Waals surface area contributed by atoms with Crippen LogP contribution in [0.15, 0.2) is 22.9 Å². The molecule has 0 bridgehead atoms. The number of anilines is 1. The van der Waals surface area contributed by atoms with E-state index in [4.69, 9.17) is 4.74 Å². The number of piperidine rings is 1. The third kappa shape index (κ3) is 5.37. The van der Waals surface area contributed by atoms with E-state index >= 15 is 0 Å².